The number of fused-ring (bicyclic) bond motifs is 3. The molecule has 0 spiro atoms. The summed E-state index contributed by atoms with van der Waals surface area (Å²) in [4.78, 5) is 0. The third-order valence-corrected chi connectivity index (χ3v) is 7.01. The van der Waals surface area contributed by atoms with Gasteiger partial charge in [-0.1, -0.05) is 26.7 Å². The van der Waals surface area contributed by atoms with Crippen molar-refractivity contribution >= 4 is 10.0 Å². The lowest BCUT2D eigenvalue weighted by molar-refractivity contribution is 0.175. The van der Waals surface area contributed by atoms with Crippen LogP contribution in [0.2, 0.25) is 0 Å². The van der Waals surface area contributed by atoms with Crippen LogP contribution in [0.1, 0.15) is 46.0 Å². The van der Waals surface area contributed by atoms with Gasteiger partial charge in [0.25, 0.3) is 0 Å². The van der Waals surface area contributed by atoms with Gasteiger partial charge in [0.05, 0.1) is 5.25 Å². The van der Waals surface area contributed by atoms with Crippen LogP contribution in [0.15, 0.2) is 0 Å². The molecule has 2 bridgehead atoms. The second kappa shape index (κ2) is 4.65. The minimum atomic E-state index is -3.02. The van der Waals surface area contributed by atoms with Gasteiger partial charge in [0.15, 0.2) is 0 Å². The molecule has 0 heterocycles. The first-order valence-electron chi connectivity index (χ1n) is 6.58. The Morgan fingerprint density at radius 2 is 1.62 bits per heavy atom. The molecule has 3 fully saturated rings. The van der Waals surface area contributed by atoms with Crippen molar-refractivity contribution in [2.45, 2.75) is 51.2 Å². The molecule has 0 amide bonds. The zero-order valence-electron chi connectivity index (χ0n) is 10.4. The average molecular weight is 245 g/mol. The molecule has 0 aliphatic heterocycles. The van der Waals surface area contributed by atoms with E-state index in [-0.39, 0.29) is 5.25 Å². The lowest BCUT2D eigenvalue weighted by atomic mass is 9.70. The van der Waals surface area contributed by atoms with Gasteiger partial charge in [-0.05, 0) is 31.1 Å². The Morgan fingerprint density at radius 1 is 1.06 bits per heavy atom. The predicted octanol–water partition coefficient (Wildman–Crippen LogP) is 2.24. The third-order valence-electron chi connectivity index (χ3n) is 4.43. The van der Waals surface area contributed by atoms with Gasteiger partial charge < -0.3 is 0 Å². The molecule has 16 heavy (non-hydrogen) atoms. The topological polar surface area (TPSA) is 37.4 Å². The maximum absolute atomic E-state index is 12.5. The van der Waals surface area contributed by atoms with E-state index in [4.69, 9.17) is 0 Å². The van der Waals surface area contributed by atoms with Crippen LogP contribution in [-0.2, 0) is 10.0 Å². The molecule has 4 heteroatoms. The molecule has 0 radical (unpaired) electrons. The molecule has 1 unspecified atom stereocenters. The minimum Gasteiger partial charge on any atom is -0.212 e. The normalized spacial score (nSPS) is 34.6. The van der Waals surface area contributed by atoms with Crippen LogP contribution in [0, 0.1) is 11.8 Å². The molecule has 3 aliphatic carbocycles. The summed E-state index contributed by atoms with van der Waals surface area (Å²) >= 11 is 0. The monoisotopic (exact) mass is 245 g/mol. The molecule has 0 N–H and O–H groups in total. The van der Waals surface area contributed by atoms with Crippen molar-refractivity contribution in [1.82, 2.24) is 4.31 Å². The second-order valence-electron chi connectivity index (χ2n) is 5.18. The summed E-state index contributed by atoms with van der Waals surface area (Å²) in [7, 11) is -3.02. The van der Waals surface area contributed by atoms with Gasteiger partial charge in [-0.15, -0.1) is 0 Å². The Balaban J connectivity index is 2.17. The standard InChI is InChI=1S/C12H23NO2S/c1-3-13(4-2)16(14,15)12-9-10-5-7-11(12)8-6-10/h10-12H,3-9H2,1-2H3. The molecule has 94 valence electrons. The summed E-state index contributed by atoms with van der Waals surface area (Å²) in [5.41, 5.74) is 0. The van der Waals surface area contributed by atoms with Gasteiger partial charge in [-0.25, -0.2) is 12.7 Å². The van der Waals surface area contributed by atoms with Crippen LogP contribution >= 0.6 is 0 Å². The summed E-state index contributed by atoms with van der Waals surface area (Å²) in [5, 5.41) is -0.0695. The Hall–Kier alpha value is -0.0900. The van der Waals surface area contributed by atoms with Gasteiger partial charge in [0.2, 0.25) is 10.0 Å². The minimum absolute atomic E-state index is 0.0695. The molecule has 3 rings (SSSR count). The highest BCUT2D eigenvalue weighted by Crippen LogP contribution is 2.44. The lowest BCUT2D eigenvalue weighted by Crippen LogP contribution is -2.47. The van der Waals surface area contributed by atoms with Gasteiger partial charge >= 0.3 is 0 Å². The zero-order valence-corrected chi connectivity index (χ0v) is 11.2. The first kappa shape index (κ1) is 12.4. The van der Waals surface area contributed by atoms with Gasteiger partial charge in [0, 0.05) is 13.1 Å². The van der Waals surface area contributed by atoms with Crippen LogP contribution in [0.25, 0.3) is 0 Å². The first-order valence-corrected chi connectivity index (χ1v) is 8.08. The van der Waals surface area contributed by atoms with Crippen molar-refractivity contribution in [1.29, 1.82) is 0 Å². The van der Waals surface area contributed by atoms with Crippen molar-refractivity contribution < 1.29 is 8.42 Å². The van der Waals surface area contributed by atoms with Crippen LogP contribution in [0.4, 0.5) is 0 Å². The highest BCUT2D eigenvalue weighted by atomic mass is 32.2. The number of nitrogens with zero attached hydrogens (tertiary/aromatic N) is 1. The van der Waals surface area contributed by atoms with Crippen LogP contribution in [0.5, 0.6) is 0 Å². The highest BCUT2D eigenvalue weighted by molar-refractivity contribution is 7.89. The smallest absolute Gasteiger partial charge is 0.212 e. The molecule has 0 aromatic heterocycles. The van der Waals surface area contributed by atoms with Crippen LogP contribution < -0.4 is 0 Å². The molecule has 1 atom stereocenters. The fourth-order valence-electron chi connectivity index (χ4n) is 3.46. The number of rotatable bonds is 4. The van der Waals surface area contributed by atoms with E-state index in [1.165, 1.54) is 12.8 Å². The van der Waals surface area contributed by atoms with Gasteiger partial charge in [-0.2, -0.15) is 0 Å². The molecule has 3 saturated carbocycles. The Labute approximate surface area is 99.3 Å². The van der Waals surface area contributed by atoms with Crippen molar-refractivity contribution in [3.8, 4) is 0 Å². The zero-order chi connectivity index (χ0) is 11.8. The highest BCUT2D eigenvalue weighted by Gasteiger charge is 2.44. The molecule has 3 nitrogen and oxygen atoms in total. The van der Waals surface area contributed by atoms with Crippen molar-refractivity contribution in [3.63, 3.8) is 0 Å². The predicted molar refractivity (Wildman–Crippen MR) is 65.7 cm³/mol. The van der Waals surface area contributed by atoms with E-state index in [1.807, 2.05) is 13.8 Å². The number of hydrogen-bond acceptors (Lipinski definition) is 2. The first-order chi connectivity index (χ1) is 7.59. The van der Waals surface area contributed by atoms with Crippen molar-refractivity contribution in [2.75, 3.05) is 13.1 Å². The van der Waals surface area contributed by atoms with E-state index in [0.717, 1.165) is 19.3 Å². The van der Waals surface area contributed by atoms with Crippen LogP contribution in [0.3, 0.4) is 0 Å². The third kappa shape index (κ3) is 2.02. The SMILES string of the molecule is CCN(CC)S(=O)(=O)C1CC2CCC1CC2. The van der Waals surface area contributed by atoms with E-state index >= 15 is 0 Å². The average Bonchev–Trinajstić information content (AvgIpc) is 2.31. The van der Waals surface area contributed by atoms with Crippen molar-refractivity contribution in [2.24, 2.45) is 11.8 Å². The molecule has 0 aromatic rings. The Morgan fingerprint density at radius 3 is 2.00 bits per heavy atom. The lowest BCUT2D eigenvalue weighted by Gasteiger charge is -2.43. The van der Waals surface area contributed by atoms with Crippen molar-refractivity contribution in [3.05, 3.63) is 0 Å². The Kier molecular flexibility index (Phi) is 3.59. The van der Waals surface area contributed by atoms with E-state index in [2.05, 4.69) is 0 Å². The number of sulfonamides is 1. The maximum Gasteiger partial charge on any atom is 0.217 e. The number of hydrogen-bond donors (Lipinski definition) is 0. The molecular weight excluding hydrogens is 222 g/mol. The quantitative estimate of drug-likeness (QED) is 0.761. The van der Waals surface area contributed by atoms with E-state index in [9.17, 15) is 8.42 Å². The van der Waals surface area contributed by atoms with Gasteiger partial charge in [0.1, 0.15) is 0 Å². The van der Waals surface area contributed by atoms with E-state index in [1.54, 1.807) is 4.31 Å². The van der Waals surface area contributed by atoms with E-state index in [0.29, 0.717) is 24.9 Å². The van der Waals surface area contributed by atoms with Gasteiger partial charge in [-0.3, -0.25) is 0 Å². The summed E-state index contributed by atoms with van der Waals surface area (Å²) < 4.78 is 26.6. The largest absolute Gasteiger partial charge is 0.217 e. The maximum atomic E-state index is 12.5. The molecule has 0 saturated heterocycles. The van der Waals surface area contributed by atoms with Crippen LogP contribution in [-0.4, -0.2) is 31.1 Å². The summed E-state index contributed by atoms with van der Waals surface area (Å²) in [6.45, 7) is 5.10. The summed E-state index contributed by atoms with van der Waals surface area (Å²) in [5.74, 6) is 1.12. The molecule has 3 aliphatic rings. The summed E-state index contributed by atoms with van der Waals surface area (Å²) in [6, 6.07) is 0. The summed E-state index contributed by atoms with van der Waals surface area (Å²) in [6.07, 6.45) is 5.71. The fraction of sp³-hybridized carbons (Fsp3) is 1.00. The molecule has 0 aromatic carbocycles. The molecular formula is C12H23NO2S. The fourth-order valence-corrected chi connectivity index (χ4v) is 5.83. The second-order valence-corrected chi connectivity index (χ2v) is 7.34. The Bertz CT molecular complexity index is 327. The van der Waals surface area contributed by atoms with E-state index < -0.39 is 10.0 Å².